The Morgan fingerprint density at radius 3 is 1.74 bits per heavy atom. The first-order valence-electron chi connectivity index (χ1n) is 13.1. The van der Waals surface area contributed by atoms with Crippen molar-refractivity contribution >= 4 is 23.9 Å². The number of nitrogens with two attached hydrogens (primary N) is 1. The smallest absolute Gasteiger partial charge is 0.324 e. The van der Waals surface area contributed by atoms with E-state index < -0.39 is 52.8 Å². The van der Waals surface area contributed by atoms with Crippen molar-refractivity contribution in [2.45, 2.75) is 93.7 Å². The molecule has 3 N–H and O–H groups in total. The maximum atomic E-state index is 12.7. The lowest BCUT2D eigenvalue weighted by Gasteiger charge is -2.29. The van der Waals surface area contributed by atoms with Crippen molar-refractivity contribution in [3.8, 4) is 11.5 Å². The van der Waals surface area contributed by atoms with Gasteiger partial charge in [0.25, 0.3) is 0 Å². The van der Waals surface area contributed by atoms with Gasteiger partial charge in [0.05, 0.1) is 17.3 Å². The van der Waals surface area contributed by atoms with Crippen molar-refractivity contribution in [1.82, 2.24) is 0 Å². The van der Waals surface area contributed by atoms with Gasteiger partial charge in [0.1, 0.15) is 11.6 Å². The third-order valence-electron chi connectivity index (χ3n) is 6.69. The quantitative estimate of drug-likeness (QED) is 0.286. The Bertz CT molecular complexity index is 1010. The van der Waals surface area contributed by atoms with Crippen LogP contribution in [-0.4, -0.2) is 40.6 Å². The highest BCUT2D eigenvalue weighted by Crippen LogP contribution is 2.33. The normalized spacial score (nSPS) is 15.8. The molecule has 1 aromatic carbocycles. The molecule has 9 nitrogen and oxygen atoms in total. The first kappa shape index (κ1) is 33.1. The first-order chi connectivity index (χ1) is 17.3. The zero-order valence-corrected chi connectivity index (χ0v) is 24.4. The van der Waals surface area contributed by atoms with Crippen molar-refractivity contribution < 1.29 is 38.5 Å². The van der Waals surface area contributed by atoms with E-state index in [1.807, 2.05) is 27.7 Å². The van der Waals surface area contributed by atoms with Crippen LogP contribution in [0.15, 0.2) is 18.2 Å². The van der Waals surface area contributed by atoms with Crippen LogP contribution in [0.1, 0.15) is 81.2 Å². The molecule has 3 unspecified atom stereocenters. The summed E-state index contributed by atoms with van der Waals surface area (Å²) in [6.07, 6.45) is -1.06. The molecule has 0 bridgehead atoms. The predicted octanol–water partition coefficient (Wildman–Crippen LogP) is 4.77. The van der Waals surface area contributed by atoms with Crippen LogP contribution in [0.2, 0.25) is 0 Å². The molecule has 4 atom stereocenters. The summed E-state index contributed by atoms with van der Waals surface area (Å²) in [7, 11) is 0. The molecule has 0 radical (unpaired) electrons. The van der Waals surface area contributed by atoms with Crippen molar-refractivity contribution in [1.29, 1.82) is 0 Å². The molecule has 0 amide bonds. The number of carbonyl (C=O) groups is 4. The van der Waals surface area contributed by atoms with E-state index in [9.17, 15) is 24.3 Å². The van der Waals surface area contributed by atoms with E-state index in [4.69, 9.17) is 19.9 Å². The maximum absolute atomic E-state index is 12.7. The molecule has 0 aromatic heterocycles. The molecule has 1 aromatic rings. The average molecular weight is 536 g/mol. The summed E-state index contributed by atoms with van der Waals surface area (Å²) in [5.41, 5.74) is 4.22. The number of carbonyl (C=O) groups excluding carboxylic acids is 3. The topological polar surface area (TPSA) is 142 Å². The highest BCUT2D eigenvalue weighted by atomic mass is 16.6. The fourth-order valence-corrected chi connectivity index (χ4v) is 3.29. The lowest BCUT2D eigenvalue weighted by atomic mass is 9.86. The van der Waals surface area contributed by atoms with E-state index >= 15 is 0 Å². The molecule has 0 aliphatic carbocycles. The second-order valence-electron chi connectivity index (χ2n) is 12.0. The van der Waals surface area contributed by atoms with Gasteiger partial charge in [0, 0.05) is 12.8 Å². The van der Waals surface area contributed by atoms with Gasteiger partial charge in [-0.15, -0.1) is 0 Å². The lowest BCUT2D eigenvalue weighted by molar-refractivity contribution is -0.160. The minimum Gasteiger partial charge on any atom is -0.480 e. The average Bonchev–Trinajstić information content (AvgIpc) is 2.78. The second kappa shape index (κ2) is 13.2. The van der Waals surface area contributed by atoms with Gasteiger partial charge in [-0.1, -0.05) is 47.6 Å². The summed E-state index contributed by atoms with van der Waals surface area (Å²) in [6, 6.07) is 4.50. The standard InChI is InChI=1S/C29H45NO8/c1-16(2)19(6)24(31)37-22-12-11-21(13-23(22)38-25(32)20(7)17(3)4)15-29(30,26(33)34)14-18(5)36-27(35)28(8,9)10/h11-13,16-20H,14-15,30H2,1-10H3,(H,33,34)/t18-,19?,20?,29?/m0/s1. The van der Waals surface area contributed by atoms with Crippen LogP contribution >= 0.6 is 0 Å². The van der Waals surface area contributed by atoms with Crippen molar-refractivity contribution in [3.05, 3.63) is 23.8 Å². The van der Waals surface area contributed by atoms with Gasteiger partial charge in [0.2, 0.25) is 0 Å². The van der Waals surface area contributed by atoms with E-state index in [0.717, 1.165) is 0 Å². The Kier molecular flexibility index (Phi) is 11.5. The van der Waals surface area contributed by atoms with Gasteiger partial charge >= 0.3 is 23.9 Å². The predicted molar refractivity (Wildman–Crippen MR) is 144 cm³/mol. The Balaban J connectivity index is 3.32. The minimum absolute atomic E-state index is 0.00394. The van der Waals surface area contributed by atoms with Gasteiger partial charge in [-0.05, 0) is 57.2 Å². The molecule has 0 saturated carbocycles. The summed E-state index contributed by atoms with van der Waals surface area (Å²) in [4.78, 5) is 49.8. The molecule has 1 rings (SSSR count). The number of hydrogen-bond acceptors (Lipinski definition) is 8. The fraction of sp³-hybridized carbons (Fsp3) is 0.655. The summed E-state index contributed by atoms with van der Waals surface area (Å²) in [5.74, 6) is -3.43. The summed E-state index contributed by atoms with van der Waals surface area (Å²) < 4.78 is 16.6. The molecule has 214 valence electrons. The zero-order valence-electron chi connectivity index (χ0n) is 24.4. The van der Waals surface area contributed by atoms with Crippen LogP contribution in [-0.2, 0) is 30.3 Å². The van der Waals surface area contributed by atoms with Gasteiger partial charge < -0.3 is 25.1 Å². The maximum Gasteiger partial charge on any atom is 0.324 e. The summed E-state index contributed by atoms with van der Waals surface area (Å²) in [6.45, 7) is 17.7. The van der Waals surface area contributed by atoms with E-state index in [-0.39, 0.29) is 36.2 Å². The Labute approximate surface area is 226 Å². The second-order valence-corrected chi connectivity index (χ2v) is 12.0. The summed E-state index contributed by atoms with van der Waals surface area (Å²) in [5, 5.41) is 9.95. The molecule has 0 spiro atoms. The highest BCUT2D eigenvalue weighted by Gasteiger charge is 2.38. The van der Waals surface area contributed by atoms with Crippen LogP contribution in [0, 0.1) is 29.1 Å². The molecule has 0 aliphatic heterocycles. The lowest BCUT2D eigenvalue weighted by Crippen LogP contribution is -2.52. The molecule has 0 saturated heterocycles. The number of esters is 3. The first-order valence-corrected chi connectivity index (χ1v) is 13.1. The minimum atomic E-state index is -1.78. The third-order valence-corrected chi connectivity index (χ3v) is 6.69. The number of benzene rings is 1. The van der Waals surface area contributed by atoms with E-state index in [2.05, 4.69) is 0 Å². The monoisotopic (exact) mass is 535 g/mol. The van der Waals surface area contributed by atoms with Crippen LogP contribution in [0.4, 0.5) is 0 Å². The molecular formula is C29H45NO8. The number of ether oxygens (including phenoxy) is 3. The highest BCUT2D eigenvalue weighted by molar-refractivity contribution is 5.80. The number of carboxylic acids is 1. The summed E-state index contributed by atoms with van der Waals surface area (Å²) >= 11 is 0. The van der Waals surface area contributed by atoms with E-state index in [1.165, 1.54) is 12.1 Å². The molecule has 0 aliphatic rings. The number of aliphatic carboxylic acids is 1. The van der Waals surface area contributed by atoms with Crippen LogP contribution in [0.25, 0.3) is 0 Å². The van der Waals surface area contributed by atoms with Gasteiger partial charge in [-0.25, -0.2) is 0 Å². The van der Waals surface area contributed by atoms with Gasteiger partial charge in [0.15, 0.2) is 11.5 Å². The fourth-order valence-electron chi connectivity index (χ4n) is 3.29. The van der Waals surface area contributed by atoms with Gasteiger partial charge in [-0.3, -0.25) is 19.2 Å². The number of carboxylic acid groups (broad SMARTS) is 1. The van der Waals surface area contributed by atoms with Gasteiger partial charge in [-0.2, -0.15) is 0 Å². The molecule has 0 fully saturated rings. The van der Waals surface area contributed by atoms with E-state index in [0.29, 0.717) is 5.56 Å². The number of rotatable bonds is 12. The van der Waals surface area contributed by atoms with Crippen molar-refractivity contribution in [2.75, 3.05) is 0 Å². The largest absolute Gasteiger partial charge is 0.480 e. The van der Waals surface area contributed by atoms with Crippen LogP contribution in [0.3, 0.4) is 0 Å². The SMILES string of the molecule is CC(C)C(C)C(=O)Oc1ccc(CC(N)(C[C@H](C)OC(=O)C(C)(C)C)C(=O)O)cc1OC(=O)C(C)C(C)C. The molecule has 9 heteroatoms. The third kappa shape index (κ3) is 9.42. The van der Waals surface area contributed by atoms with Crippen molar-refractivity contribution in [3.63, 3.8) is 0 Å². The van der Waals surface area contributed by atoms with Crippen LogP contribution in [0.5, 0.6) is 11.5 Å². The molecular weight excluding hydrogens is 490 g/mol. The van der Waals surface area contributed by atoms with Crippen LogP contribution < -0.4 is 15.2 Å². The number of hydrogen-bond donors (Lipinski definition) is 2. The zero-order chi connectivity index (χ0) is 29.6. The van der Waals surface area contributed by atoms with Crippen molar-refractivity contribution in [2.24, 2.45) is 34.8 Å². The molecule has 38 heavy (non-hydrogen) atoms. The molecule has 0 heterocycles. The Morgan fingerprint density at radius 1 is 0.842 bits per heavy atom. The Morgan fingerprint density at radius 2 is 1.32 bits per heavy atom. The van der Waals surface area contributed by atoms with E-state index in [1.54, 1.807) is 47.6 Å². The Hall–Kier alpha value is -2.94.